The quantitative estimate of drug-likeness (QED) is 0.674. The first-order chi connectivity index (χ1) is 9.02. The molecule has 1 unspecified atom stereocenters. The highest BCUT2D eigenvalue weighted by atomic mass is 16.5. The van der Waals surface area contributed by atoms with Crippen LogP contribution in [0.15, 0.2) is 12.3 Å². The molecule has 3 N–H and O–H groups in total. The van der Waals surface area contributed by atoms with Crippen molar-refractivity contribution in [3.63, 3.8) is 0 Å². The standard InChI is InChI=1S/C13H19N3O3/c1-9(2)7-19-8-11(17)6-16-13(18)12-3-10(4-14)5-15-12/h3,5,9,11,15,17H,6-8H2,1-2H3,(H,16,18). The molecule has 0 radical (unpaired) electrons. The summed E-state index contributed by atoms with van der Waals surface area (Å²) in [4.78, 5) is 14.3. The van der Waals surface area contributed by atoms with Crippen LogP contribution in [0.1, 0.15) is 29.9 Å². The fourth-order valence-corrected chi connectivity index (χ4v) is 1.39. The summed E-state index contributed by atoms with van der Waals surface area (Å²) in [6.45, 7) is 4.91. The minimum absolute atomic E-state index is 0.109. The molecule has 0 aliphatic heterocycles. The maximum absolute atomic E-state index is 11.7. The maximum Gasteiger partial charge on any atom is 0.267 e. The van der Waals surface area contributed by atoms with Crippen LogP contribution in [0.2, 0.25) is 0 Å². The number of aliphatic hydroxyl groups is 1. The van der Waals surface area contributed by atoms with Crippen molar-refractivity contribution in [3.05, 3.63) is 23.5 Å². The molecule has 0 aliphatic rings. The van der Waals surface area contributed by atoms with Crippen molar-refractivity contribution < 1.29 is 14.6 Å². The Kier molecular flexibility index (Phi) is 6.06. The zero-order valence-electron chi connectivity index (χ0n) is 11.1. The number of ether oxygens (including phenoxy) is 1. The number of nitrogens with one attached hydrogen (secondary N) is 2. The molecule has 0 fully saturated rings. The Morgan fingerprint density at radius 2 is 2.32 bits per heavy atom. The number of amides is 1. The van der Waals surface area contributed by atoms with E-state index in [1.807, 2.05) is 19.9 Å². The monoisotopic (exact) mass is 265 g/mol. The summed E-state index contributed by atoms with van der Waals surface area (Å²) in [6.07, 6.45) is 0.713. The van der Waals surface area contributed by atoms with Gasteiger partial charge in [0, 0.05) is 19.3 Å². The van der Waals surface area contributed by atoms with Crippen LogP contribution in [0.4, 0.5) is 0 Å². The number of aromatic nitrogens is 1. The first-order valence-corrected chi connectivity index (χ1v) is 6.15. The molecule has 104 valence electrons. The van der Waals surface area contributed by atoms with E-state index in [0.29, 0.717) is 23.8 Å². The highest BCUT2D eigenvalue weighted by Crippen LogP contribution is 2.01. The number of hydrogen-bond donors (Lipinski definition) is 3. The predicted octanol–water partition coefficient (Wildman–Crippen LogP) is 0.650. The van der Waals surface area contributed by atoms with Crippen molar-refractivity contribution in [1.82, 2.24) is 10.3 Å². The fraction of sp³-hybridized carbons (Fsp3) is 0.538. The van der Waals surface area contributed by atoms with E-state index in [9.17, 15) is 9.90 Å². The average Bonchev–Trinajstić information content (AvgIpc) is 2.84. The zero-order chi connectivity index (χ0) is 14.3. The van der Waals surface area contributed by atoms with Gasteiger partial charge >= 0.3 is 0 Å². The van der Waals surface area contributed by atoms with Crippen LogP contribution < -0.4 is 5.32 Å². The maximum atomic E-state index is 11.7. The van der Waals surface area contributed by atoms with E-state index in [2.05, 4.69) is 10.3 Å². The molecule has 1 aromatic heterocycles. The number of carbonyl (C=O) groups is 1. The van der Waals surface area contributed by atoms with Gasteiger partial charge in [-0.05, 0) is 12.0 Å². The molecule has 6 heteroatoms. The van der Waals surface area contributed by atoms with E-state index < -0.39 is 6.10 Å². The number of aromatic amines is 1. The van der Waals surface area contributed by atoms with Crippen LogP contribution in [0.3, 0.4) is 0 Å². The lowest BCUT2D eigenvalue weighted by atomic mass is 10.2. The third-order valence-electron chi connectivity index (χ3n) is 2.32. The molecule has 19 heavy (non-hydrogen) atoms. The van der Waals surface area contributed by atoms with Crippen LogP contribution in [-0.2, 0) is 4.74 Å². The number of H-pyrrole nitrogens is 1. The summed E-state index contributed by atoms with van der Waals surface area (Å²) in [5.41, 5.74) is 0.692. The van der Waals surface area contributed by atoms with E-state index in [0.717, 1.165) is 0 Å². The molecular weight excluding hydrogens is 246 g/mol. The van der Waals surface area contributed by atoms with E-state index in [1.54, 1.807) is 0 Å². The first-order valence-electron chi connectivity index (χ1n) is 6.15. The number of aliphatic hydroxyl groups excluding tert-OH is 1. The number of rotatable bonds is 7. The summed E-state index contributed by atoms with van der Waals surface area (Å²) < 4.78 is 5.26. The Morgan fingerprint density at radius 3 is 2.89 bits per heavy atom. The number of hydrogen-bond acceptors (Lipinski definition) is 4. The van der Waals surface area contributed by atoms with Crippen LogP contribution in [0.25, 0.3) is 0 Å². The minimum atomic E-state index is -0.743. The molecule has 1 rings (SSSR count). The Labute approximate surface area is 112 Å². The Balaban J connectivity index is 2.28. The topological polar surface area (TPSA) is 98.1 Å². The molecule has 1 atom stereocenters. The van der Waals surface area contributed by atoms with Gasteiger partial charge in [-0.3, -0.25) is 4.79 Å². The van der Waals surface area contributed by atoms with Gasteiger partial charge in [0.25, 0.3) is 5.91 Å². The third kappa shape index (κ3) is 5.55. The van der Waals surface area contributed by atoms with Gasteiger partial charge in [0.05, 0.1) is 18.3 Å². The van der Waals surface area contributed by atoms with Gasteiger partial charge in [0.1, 0.15) is 11.8 Å². The summed E-state index contributed by atoms with van der Waals surface area (Å²) in [5.74, 6) is 0.0505. The lowest BCUT2D eigenvalue weighted by Gasteiger charge is -2.13. The lowest BCUT2D eigenvalue weighted by Crippen LogP contribution is -2.35. The van der Waals surface area contributed by atoms with Crippen LogP contribution in [0, 0.1) is 17.2 Å². The van der Waals surface area contributed by atoms with E-state index >= 15 is 0 Å². The van der Waals surface area contributed by atoms with Crippen molar-refractivity contribution in [2.75, 3.05) is 19.8 Å². The van der Waals surface area contributed by atoms with Gasteiger partial charge in [0.15, 0.2) is 0 Å². The summed E-state index contributed by atoms with van der Waals surface area (Å²) in [6, 6.07) is 3.38. The number of nitriles is 1. The number of carbonyl (C=O) groups excluding carboxylic acids is 1. The highest BCUT2D eigenvalue weighted by molar-refractivity contribution is 5.92. The third-order valence-corrected chi connectivity index (χ3v) is 2.32. The fourth-order valence-electron chi connectivity index (χ4n) is 1.39. The van der Waals surface area contributed by atoms with Crippen molar-refractivity contribution in [2.45, 2.75) is 20.0 Å². The van der Waals surface area contributed by atoms with E-state index in [1.165, 1.54) is 12.3 Å². The summed E-state index contributed by atoms with van der Waals surface area (Å²) >= 11 is 0. The molecule has 0 bridgehead atoms. The molecule has 0 aromatic carbocycles. The molecule has 1 heterocycles. The van der Waals surface area contributed by atoms with Crippen molar-refractivity contribution in [1.29, 1.82) is 5.26 Å². The largest absolute Gasteiger partial charge is 0.389 e. The van der Waals surface area contributed by atoms with Gasteiger partial charge in [0.2, 0.25) is 0 Å². The Bertz CT molecular complexity index is 448. The molecule has 1 aromatic rings. The molecule has 0 saturated carbocycles. The minimum Gasteiger partial charge on any atom is -0.389 e. The van der Waals surface area contributed by atoms with Gasteiger partial charge < -0.3 is 20.1 Å². The van der Waals surface area contributed by atoms with Crippen molar-refractivity contribution >= 4 is 5.91 Å². The van der Waals surface area contributed by atoms with Crippen molar-refractivity contribution in [2.24, 2.45) is 5.92 Å². The summed E-state index contributed by atoms with van der Waals surface area (Å²) in [5, 5.41) is 20.8. The zero-order valence-corrected chi connectivity index (χ0v) is 11.1. The Hall–Kier alpha value is -1.84. The van der Waals surface area contributed by atoms with Crippen LogP contribution in [0.5, 0.6) is 0 Å². The van der Waals surface area contributed by atoms with Gasteiger partial charge in [-0.1, -0.05) is 13.8 Å². The van der Waals surface area contributed by atoms with Gasteiger partial charge in [-0.25, -0.2) is 0 Å². The molecule has 1 amide bonds. The first kappa shape index (κ1) is 15.2. The van der Waals surface area contributed by atoms with Gasteiger partial charge in [-0.15, -0.1) is 0 Å². The summed E-state index contributed by atoms with van der Waals surface area (Å²) in [7, 11) is 0. The second-order valence-electron chi connectivity index (χ2n) is 4.71. The second kappa shape index (κ2) is 7.56. The number of nitrogens with zero attached hydrogens (tertiary/aromatic N) is 1. The van der Waals surface area contributed by atoms with Crippen LogP contribution >= 0.6 is 0 Å². The smallest absolute Gasteiger partial charge is 0.267 e. The highest BCUT2D eigenvalue weighted by Gasteiger charge is 2.11. The van der Waals surface area contributed by atoms with Crippen LogP contribution in [-0.4, -0.2) is 41.9 Å². The normalized spacial score (nSPS) is 12.2. The average molecular weight is 265 g/mol. The molecule has 0 saturated heterocycles. The molecule has 0 aliphatic carbocycles. The van der Waals surface area contributed by atoms with E-state index in [4.69, 9.17) is 10.00 Å². The van der Waals surface area contributed by atoms with Crippen molar-refractivity contribution in [3.8, 4) is 6.07 Å². The predicted molar refractivity (Wildman–Crippen MR) is 69.5 cm³/mol. The van der Waals surface area contributed by atoms with E-state index in [-0.39, 0.29) is 19.1 Å². The Morgan fingerprint density at radius 1 is 1.58 bits per heavy atom. The molecule has 6 nitrogen and oxygen atoms in total. The molecular formula is C13H19N3O3. The second-order valence-corrected chi connectivity index (χ2v) is 4.71. The molecule has 0 spiro atoms. The van der Waals surface area contributed by atoms with Gasteiger partial charge in [-0.2, -0.15) is 5.26 Å². The SMILES string of the molecule is CC(C)COCC(O)CNC(=O)c1cc(C#N)c[nH]1. The lowest BCUT2D eigenvalue weighted by molar-refractivity contribution is 0.0259.